The van der Waals surface area contributed by atoms with Crippen LogP contribution in [0.5, 0.6) is 0 Å². The zero-order chi connectivity index (χ0) is 32.2. The van der Waals surface area contributed by atoms with Crippen LogP contribution in [-0.2, 0) is 33.8 Å². The lowest BCUT2D eigenvalue weighted by atomic mass is 9.94. The SMILES string of the molecule is CN(C[C@H](O)CNC(C)(C)Cc1ccc(Cl)c(F)c1)S(=O)(=O)c1cc(-c2cccc(CCC(=O)O)c2)cc(C(F)(F)F)c1. The topological polar surface area (TPSA) is 107 Å². The van der Waals surface area contributed by atoms with Crippen molar-refractivity contribution in [3.05, 3.63) is 88.2 Å². The van der Waals surface area contributed by atoms with Crippen LogP contribution in [0.3, 0.4) is 0 Å². The summed E-state index contributed by atoms with van der Waals surface area (Å²) in [7, 11) is -3.32. The average Bonchev–Trinajstić information content (AvgIpc) is 2.92. The number of nitrogens with zero attached hydrogens (tertiary/aromatic N) is 1. The molecule has 234 valence electrons. The first-order valence-electron chi connectivity index (χ1n) is 13.2. The van der Waals surface area contributed by atoms with Gasteiger partial charge in [0, 0.05) is 32.1 Å². The maximum absolute atomic E-state index is 13.8. The summed E-state index contributed by atoms with van der Waals surface area (Å²) in [5.41, 5.74) is -0.301. The largest absolute Gasteiger partial charge is 0.481 e. The number of hydrogen-bond donors (Lipinski definition) is 3. The summed E-state index contributed by atoms with van der Waals surface area (Å²) < 4.78 is 82.8. The molecular weight excluding hydrogens is 612 g/mol. The van der Waals surface area contributed by atoms with Gasteiger partial charge in [-0.1, -0.05) is 41.9 Å². The molecule has 0 bridgehead atoms. The number of β-amino-alcohol motifs (C(OH)–C–C–N with tert-alkyl or cyclic N) is 1. The standard InChI is InChI=1S/C30H33ClF4N2O5S/c1-29(2,16-20-7-9-26(31)27(32)12-20)36-17-24(38)18-37(3)43(41,42)25-14-22(13-23(15-25)30(33,34)35)21-6-4-5-19(11-21)8-10-28(39)40/h4-7,9,11-15,24,36,38H,8,10,16-18H2,1-3H3,(H,39,40)/t24-/m1/s1. The monoisotopic (exact) mass is 644 g/mol. The molecule has 3 N–H and O–H groups in total. The molecule has 43 heavy (non-hydrogen) atoms. The van der Waals surface area contributed by atoms with Gasteiger partial charge in [-0.05, 0) is 79.3 Å². The minimum Gasteiger partial charge on any atom is -0.481 e. The first-order chi connectivity index (χ1) is 19.9. The Kier molecular flexibility index (Phi) is 11.0. The Bertz CT molecular complexity index is 1560. The molecule has 0 spiro atoms. The van der Waals surface area contributed by atoms with Gasteiger partial charge in [0.25, 0.3) is 0 Å². The molecule has 0 unspecified atom stereocenters. The van der Waals surface area contributed by atoms with Gasteiger partial charge < -0.3 is 15.5 Å². The fraction of sp³-hybridized carbons (Fsp3) is 0.367. The lowest BCUT2D eigenvalue weighted by molar-refractivity contribution is -0.138. The molecule has 3 aromatic carbocycles. The Morgan fingerprint density at radius 3 is 2.35 bits per heavy atom. The van der Waals surface area contributed by atoms with Crippen LogP contribution in [-0.4, -0.2) is 60.7 Å². The van der Waals surface area contributed by atoms with Crippen molar-refractivity contribution in [3.63, 3.8) is 0 Å². The molecule has 7 nitrogen and oxygen atoms in total. The van der Waals surface area contributed by atoms with Crippen LogP contribution in [0, 0.1) is 5.82 Å². The highest BCUT2D eigenvalue weighted by Gasteiger charge is 2.34. The summed E-state index contributed by atoms with van der Waals surface area (Å²) in [6.45, 7) is 3.15. The lowest BCUT2D eigenvalue weighted by Gasteiger charge is -2.29. The van der Waals surface area contributed by atoms with Crippen molar-refractivity contribution in [3.8, 4) is 11.1 Å². The van der Waals surface area contributed by atoms with Gasteiger partial charge in [0.1, 0.15) is 5.82 Å². The molecule has 0 heterocycles. The summed E-state index contributed by atoms with van der Waals surface area (Å²) in [6, 6.07) is 13.1. The zero-order valence-corrected chi connectivity index (χ0v) is 25.3. The molecule has 0 aliphatic heterocycles. The van der Waals surface area contributed by atoms with Crippen LogP contribution in [0.15, 0.2) is 65.6 Å². The van der Waals surface area contributed by atoms with Crippen LogP contribution in [0.1, 0.15) is 37.0 Å². The van der Waals surface area contributed by atoms with Crippen molar-refractivity contribution < 1.29 is 41.0 Å². The van der Waals surface area contributed by atoms with E-state index in [1.165, 1.54) is 24.3 Å². The fourth-order valence-electron chi connectivity index (χ4n) is 4.49. The second-order valence-electron chi connectivity index (χ2n) is 11.0. The number of aliphatic hydroxyl groups is 1. The van der Waals surface area contributed by atoms with Crippen molar-refractivity contribution in [1.29, 1.82) is 0 Å². The van der Waals surface area contributed by atoms with Gasteiger partial charge in [0.05, 0.1) is 21.6 Å². The molecule has 0 aromatic heterocycles. The third-order valence-corrected chi connectivity index (χ3v) is 8.85. The van der Waals surface area contributed by atoms with Gasteiger partial charge in [0.15, 0.2) is 0 Å². The number of rotatable bonds is 13. The van der Waals surface area contributed by atoms with E-state index >= 15 is 0 Å². The van der Waals surface area contributed by atoms with Crippen LogP contribution in [0.2, 0.25) is 5.02 Å². The number of carbonyl (C=O) groups is 1. The summed E-state index contributed by atoms with van der Waals surface area (Å²) in [5.74, 6) is -1.59. The van der Waals surface area contributed by atoms with Gasteiger partial charge in [0.2, 0.25) is 10.0 Å². The molecule has 0 radical (unpaired) electrons. The molecular formula is C30H33ClF4N2O5S. The normalized spacial score (nSPS) is 13.3. The minimum absolute atomic E-state index is 0.00802. The third-order valence-electron chi connectivity index (χ3n) is 6.74. The number of carboxylic acid groups (broad SMARTS) is 1. The zero-order valence-electron chi connectivity index (χ0n) is 23.8. The lowest BCUT2D eigenvalue weighted by Crippen LogP contribution is -2.47. The van der Waals surface area contributed by atoms with Crippen LogP contribution >= 0.6 is 11.6 Å². The fourth-order valence-corrected chi connectivity index (χ4v) is 5.89. The number of hydrogen-bond acceptors (Lipinski definition) is 5. The number of likely N-dealkylation sites (N-methyl/N-ethyl adjacent to an activating group) is 1. The highest BCUT2D eigenvalue weighted by atomic mass is 35.5. The number of benzene rings is 3. The van der Waals surface area contributed by atoms with E-state index in [0.29, 0.717) is 29.2 Å². The Morgan fingerprint density at radius 2 is 1.72 bits per heavy atom. The number of sulfonamides is 1. The number of aliphatic carboxylic acids is 1. The molecule has 0 amide bonds. The summed E-state index contributed by atoms with van der Waals surface area (Å²) >= 11 is 5.73. The van der Waals surface area contributed by atoms with E-state index in [-0.39, 0.29) is 30.0 Å². The van der Waals surface area contributed by atoms with Crippen LogP contribution in [0.25, 0.3) is 11.1 Å². The Labute approximate surface area is 253 Å². The Balaban J connectivity index is 1.79. The second-order valence-corrected chi connectivity index (χ2v) is 13.4. The Hall–Kier alpha value is -3.03. The number of aryl methyl sites for hydroxylation is 1. The van der Waals surface area contributed by atoms with Gasteiger partial charge in [-0.15, -0.1) is 0 Å². The molecule has 0 saturated carbocycles. The first kappa shape index (κ1) is 34.5. The molecule has 13 heteroatoms. The predicted molar refractivity (Wildman–Crippen MR) is 156 cm³/mol. The smallest absolute Gasteiger partial charge is 0.416 e. The number of carboxylic acids is 1. The average molecular weight is 645 g/mol. The van der Waals surface area contributed by atoms with Crippen molar-refractivity contribution in [2.45, 2.75) is 55.8 Å². The Morgan fingerprint density at radius 1 is 1.02 bits per heavy atom. The molecule has 0 aliphatic rings. The minimum atomic E-state index is -4.85. The van der Waals surface area contributed by atoms with E-state index in [1.807, 2.05) is 13.8 Å². The number of alkyl halides is 3. The van der Waals surface area contributed by atoms with Crippen molar-refractivity contribution in [1.82, 2.24) is 9.62 Å². The van der Waals surface area contributed by atoms with E-state index in [1.54, 1.807) is 18.2 Å². The highest BCUT2D eigenvalue weighted by molar-refractivity contribution is 7.89. The quantitative estimate of drug-likeness (QED) is 0.204. The van der Waals surface area contributed by atoms with Crippen molar-refractivity contribution >= 4 is 27.6 Å². The van der Waals surface area contributed by atoms with Gasteiger partial charge in [-0.25, -0.2) is 12.8 Å². The number of aliphatic hydroxyl groups excluding tert-OH is 1. The molecule has 0 aliphatic carbocycles. The molecule has 0 fully saturated rings. The van der Waals surface area contributed by atoms with Gasteiger partial charge in [-0.3, -0.25) is 4.79 Å². The van der Waals surface area contributed by atoms with E-state index in [9.17, 15) is 35.9 Å². The van der Waals surface area contributed by atoms with Crippen LogP contribution in [0.4, 0.5) is 17.6 Å². The highest BCUT2D eigenvalue weighted by Crippen LogP contribution is 2.35. The number of nitrogens with one attached hydrogen (secondary N) is 1. The molecule has 3 rings (SSSR count). The van der Waals surface area contributed by atoms with Crippen molar-refractivity contribution in [2.24, 2.45) is 0 Å². The van der Waals surface area contributed by atoms with Crippen LogP contribution < -0.4 is 5.32 Å². The van der Waals surface area contributed by atoms with Gasteiger partial charge >= 0.3 is 12.1 Å². The summed E-state index contributed by atoms with van der Waals surface area (Å²) in [5, 5.41) is 22.7. The van der Waals surface area contributed by atoms with Gasteiger partial charge in [-0.2, -0.15) is 17.5 Å². The predicted octanol–water partition coefficient (Wildman–Crippen LogP) is 5.77. The van der Waals surface area contributed by atoms with Crippen molar-refractivity contribution in [2.75, 3.05) is 20.1 Å². The molecule has 0 saturated heterocycles. The molecule has 1 atom stereocenters. The summed E-state index contributed by atoms with van der Waals surface area (Å²) in [6.07, 6.45) is -5.73. The maximum atomic E-state index is 13.8. The number of halogens is 5. The first-order valence-corrected chi connectivity index (χ1v) is 15.1. The van der Waals surface area contributed by atoms with E-state index in [4.69, 9.17) is 16.7 Å². The van der Waals surface area contributed by atoms with E-state index in [0.717, 1.165) is 23.5 Å². The van der Waals surface area contributed by atoms with E-state index in [2.05, 4.69) is 5.32 Å². The maximum Gasteiger partial charge on any atom is 0.416 e. The third kappa shape index (κ3) is 9.73. The summed E-state index contributed by atoms with van der Waals surface area (Å²) in [4.78, 5) is 10.3. The molecule has 3 aromatic rings. The second kappa shape index (κ2) is 13.7. The van der Waals surface area contributed by atoms with E-state index < -0.39 is 56.6 Å².